The number of hydrogen-bond donors (Lipinski definition) is 2. The molecule has 0 aromatic heterocycles. The topological polar surface area (TPSA) is 93.1 Å². The maximum Gasteiger partial charge on any atom is 0.311 e. The highest BCUT2D eigenvalue weighted by Crippen LogP contribution is 2.34. The van der Waals surface area contributed by atoms with Crippen LogP contribution in [0.3, 0.4) is 0 Å². The van der Waals surface area contributed by atoms with Gasteiger partial charge in [0, 0.05) is 0 Å². The minimum absolute atomic E-state index is 0.0362. The van der Waals surface area contributed by atoms with Crippen molar-refractivity contribution in [3.8, 4) is 0 Å². The van der Waals surface area contributed by atoms with Crippen LogP contribution in [-0.2, 0) is 19.1 Å². The average molecular weight is 202 g/mol. The summed E-state index contributed by atoms with van der Waals surface area (Å²) in [6.07, 6.45) is -1.21. The van der Waals surface area contributed by atoms with E-state index in [2.05, 4.69) is 0 Å². The summed E-state index contributed by atoms with van der Waals surface area (Å²) in [5.74, 6) is -3.46. The summed E-state index contributed by atoms with van der Waals surface area (Å²) in [6.45, 7) is 0.0723. The summed E-state index contributed by atoms with van der Waals surface area (Å²) in [4.78, 5) is 21.4. The number of carboxylic acid groups (broad SMARTS) is 2. The standard InChI is InChI=1S/C8H10O6/c9-7(10)3-1-13-6-4(8(11)12)2-14-5(3)6/h3-6H,1-2H2,(H,9,10)(H,11,12)/t3-,4-,5-,6-/m0/s1. The van der Waals surface area contributed by atoms with Crippen molar-refractivity contribution in [2.24, 2.45) is 11.8 Å². The van der Waals surface area contributed by atoms with Gasteiger partial charge in [0.1, 0.15) is 24.0 Å². The molecule has 78 valence electrons. The summed E-state index contributed by atoms with van der Waals surface area (Å²) in [6, 6.07) is 0. The average Bonchev–Trinajstić information content (AvgIpc) is 2.59. The molecule has 0 aromatic carbocycles. The van der Waals surface area contributed by atoms with Crippen molar-refractivity contribution >= 4 is 11.9 Å². The molecule has 4 atom stereocenters. The zero-order chi connectivity index (χ0) is 10.3. The van der Waals surface area contributed by atoms with Gasteiger partial charge in [0.15, 0.2) is 0 Å². The number of carbonyl (C=O) groups is 2. The lowest BCUT2D eigenvalue weighted by molar-refractivity contribution is -0.145. The number of aliphatic carboxylic acids is 2. The molecular weight excluding hydrogens is 192 g/mol. The molecule has 2 saturated heterocycles. The van der Waals surface area contributed by atoms with Crippen LogP contribution in [-0.4, -0.2) is 47.6 Å². The third-order valence-corrected chi connectivity index (χ3v) is 2.69. The van der Waals surface area contributed by atoms with Gasteiger partial charge in [-0.1, -0.05) is 0 Å². The van der Waals surface area contributed by atoms with Crippen molar-refractivity contribution < 1.29 is 29.3 Å². The molecule has 2 N–H and O–H groups in total. The van der Waals surface area contributed by atoms with Gasteiger partial charge in [0.25, 0.3) is 0 Å². The zero-order valence-electron chi connectivity index (χ0n) is 7.25. The first-order valence-corrected chi connectivity index (χ1v) is 4.30. The van der Waals surface area contributed by atoms with E-state index in [-0.39, 0.29) is 13.2 Å². The van der Waals surface area contributed by atoms with E-state index in [1.807, 2.05) is 0 Å². The normalized spacial score (nSPS) is 40.9. The quantitative estimate of drug-likeness (QED) is 0.608. The molecule has 0 saturated carbocycles. The molecule has 2 aliphatic rings. The highest BCUT2D eigenvalue weighted by molar-refractivity contribution is 5.74. The summed E-state index contributed by atoms with van der Waals surface area (Å²) >= 11 is 0. The van der Waals surface area contributed by atoms with Crippen LogP contribution < -0.4 is 0 Å². The first kappa shape index (κ1) is 9.42. The lowest BCUT2D eigenvalue weighted by Crippen LogP contribution is -2.32. The number of carboxylic acids is 2. The van der Waals surface area contributed by atoms with E-state index in [0.717, 1.165) is 0 Å². The molecule has 0 amide bonds. The summed E-state index contributed by atoms with van der Waals surface area (Å²) in [7, 11) is 0. The molecule has 0 unspecified atom stereocenters. The molecule has 6 heteroatoms. The van der Waals surface area contributed by atoms with Crippen molar-refractivity contribution in [2.45, 2.75) is 12.2 Å². The molecule has 0 aromatic rings. The molecular formula is C8H10O6. The third-order valence-electron chi connectivity index (χ3n) is 2.69. The molecule has 0 aliphatic carbocycles. The fourth-order valence-corrected chi connectivity index (χ4v) is 1.92. The van der Waals surface area contributed by atoms with E-state index in [4.69, 9.17) is 19.7 Å². The van der Waals surface area contributed by atoms with E-state index in [1.54, 1.807) is 0 Å². The molecule has 2 heterocycles. The van der Waals surface area contributed by atoms with Crippen molar-refractivity contribution in [3.63, 3.8) is 0 Å². The van der Waals surface area contributed by atoms with Crippen molar-refractivity contribution in [3.05, 3.63) is 0 Å². The van der Waals surface area contributed by atoms with Crippen LogP contribution in [0.4, 0.5) is 0 Å². The minimum Gasteiger partial charge on any atom is -0.481 e. The smallest absolute Gasteiger partial charge is 0.311 e. The Balaban J connectivity index is 2.11. The SMILES string of the molecule is O=C(O)[C@H]1CO[C@@H]2[C@H]1OC[C@@H]2C(=O)O. The third kappa shape index (κ3) is 1.27. The van der Waals surface area contributed by atoms with E-state index >= 15 is 0 Å². The Labute approximate surface area is 79.4 Å². The zero-order valence-corrected chi connectivity index (χ0v) is 7.25. The molecule has 2 fully saturated rings. The Morgan fingerprint density at radius 3 is 1.57 bits per heavy atom. The van der Waals surface area contributed by atoms with E-state index < -0.39 is 36.0 Å². The highest BCUT2D eigenvalue weighted by atomic mass is 16.6. The Hall–Kier alpha value is -1.14. The minimum atomic E-state index is -0.997. The van der Waals surface area contributed by atoms with Gasteiger partial charge >= 0.3 is 11.9 Å². The maximum atomic E-state index is 10.7. The van der Waals surface area contributed by atoms with Crippen LogP contribution in [0.5, 0.6) is 0 Å². The molecule has 2 aliphatic heterocycles. The fraction of sp³-hybridized carbons (Fsp3) is 0.750. The van der Waals surface area contributed by atoms with Crippen molar-refractivity contribution in [1.29, 1.82) is 0 Å². The van der Waals surface area contributed by atoms with Crippen molar-refractivity contribution in [2.75, 3.05) is 13.2 Å². The first-order chi connectivity index (χ1) is 6.61. The van der Waals surface area contributed by atoms with Gasteiger partial charge in [0.2, 0.25) is 0 Å². The van der Waals surface area contributed by atoms with E-state index in [0.29, 0.717) is 0 Å². The van der Waals surface area contributed by atoms with E-state index in [1.165, 1.54) is 0 Å². The summed E-state index contributed by atoms with van der Waals surface area (Å²) in [5.41, 5.74) is 0. The largest absolute Gasteiger partial charge is 0.481 e. The number of hydrogen-bond acceptors (Lipinski definition) is 4. The predicted molar refractivity (Wildman–Crippen MR) is 41.7 cm³/mol. The highest BCUT2D eigenvalue weighted by Gasteiger charge is 2.52. The van der Waals surface area contributed by atoms with Gasteiger partial charge in [-0.15, -0.1) is 0 Å². The lowest BCUT2D eigenvalue weighted by atomic mass is 9.97. The molecule has 0 bridgehead atoms. The van der Waals surface area contributed by atoms with Crippen molar-refractivity contribution in [1.82, 2.24) is 0 Å². The second-order valence-electron chi connectivity index (χ2n) is 3.49. The first-order valence-electron chi connectivity index (χ1n) is 4.30. The van der Waals surface area contributed by atoms with Gasteiger partial charge in [-0.2, -0.15) is 0 Å². The van der Waals surface area contributed by atoms with Crippen LogP contribution in [0.1, 0.15) is 0 Å². The Kier molecular flexibility index (Phi) is 2.16. The van der Waals surface area contributed by atoms with E-state index in [9.17, 15) is 9.59 Å². The summed E-state index contributed by atoms with van der Waals surface area (Å²) in [5, 5.41) is 17.6. The molecule has 14 heavy (non-hydrogen) atoms. The van der Waals surface area contributed by atoms with Gasteiger partial charge in [0.05, 0.1) is 13.2 Å². The molecule has 2 rings (SSSR count). The second kappa shape index (κ2) is 3.21. The van der Waals surface area contributed by atoms with Crippen LogP contribution in [0.2, 0.25) is 0 Å². The summed E-state index contributed by atoms with van der Waals surface area (Å²) < 4.78 is 10.3. The molecule has 0 radical (unpaired) electrons. The number of fused-ring (bicyclic) bond motifs is 1. The van der Waals surface area contributed by atoms with Gasteiger partial charge in [-0.3, -0.25) is 9.59 Å². The van der Waals surface area contributed by atoms with Crippen LogP contribution in [0.25, 0.3) is 0 Å². The number of ether oxygens (including phenoxy) is 2. The van der Waals surface area contributed by atoms with Gasteiger partial charge in [-0.25, -0.2) is 0 Å². The van der Waals surface area contributed by atoms with Crippen LogP contribution in [0.15, 0.2) is 0 Å². The van der Waals surface area contributed by atoms with Crippen LogP contribution in [0, 0.1) is 11.8 Å². The lowest BCUT2D eigenvalue weighted by Gasteiger charge is -2.11. The monoisotopic (exact) mass is 202 g/mol. The fourth-order valence-electron chi connectivity index (χ4n) is 1.92. The predicted octanol–water partition coefficient (Wildman–Crippen LogP) is -0.814. The van der Waals surface area contributed by atoms with Gasteiger partial charge < -0.3 is 19.7 Å². The number of rotatable bonds is 2. The Bertz CT molecular complexity index is 247. The Morgan fingerprint density at radius 1 is 0.929 bits per heavy atom. The molecule has 6 nitrogen and oxygen atoms in total. The maximum absolute atomic E-state index is 10.7. The van der Waals surface area contributed by atoms with Gasteiger partial charge in [-0.05, 0) is 0 Å². The van der Waals surface area contributed by atoms with Crippen LogP contribution >= 0.6 is 0 Å². The second-order valence-corrected chi connectivity index (χ2v) is 3.49. The molecule has 0 spiro atoms. The Morgan fingerprint density at radius 2 is 1.29 bits per heavy atom.